The molecule has 0 N–H and O–H groups in total. The first-order valence-electron chi connectivity index (χ1n) is 7.89. The molecule has 1 aromatic heterocycles. The van der Waals surface area contributed by atoms with Gasteiger partial charge in [-0.25, -0.2) is 0 Å². The Morgan fingerprint density at radius 1 is 1.39 bits per heavy atom. The fourth-order valence-corrected chi connectivity index (χ4v) is 2.87. The molecule has 1 amide bonds. The van der Waals surface area contributed by atoms with Gasteiger partial charge in [0.2, 0.25) is 11.7 Å². The minimum atomic E-state index is 0.0480. The van der Waals surface area contributed by atoms with Gasteiger partial charge in [-0.05, 0) is 43.5 Å². The van der Waals surface area contributed by atoms with Crippen LogP contribution in [0.1, 0.15) is 26.2 Å². The van der Waals surface area contributed by atoms with Gasteiger partial charge in [0.15, 0.2) is 0 Å². The average Bonchev–Trinajstić information content (AvgIpc) is 3.03. The monoisotopic (exact) mass is 315 g/mol. The van der Waals surface area contributed by atoms with E-state index in [2.05, 4.69) is 22.3 Å². The van der Waals surface area contributed by atoms with Crippen molar-refractivity contribution in [1.29, 1.82) is 0 Å². The van der Waals surface area contributed by atoms with Crippen LogP contribution in [0, 0.1) is 0 Å². The number of hydrogen-bond acceptors (Lipinski definition) is 5. The van der Waals surface area contributed by atoms with Gasteiger partial charge < -0.3 is 9.64 Å². The van der Waals surface area contributed by atoms with Crippen molar-refractivity contribution in [2.45, 2.75) is 38.8 Å². The minimum Gasteiger partial charge on any atom is -0.497 e. The smallest absolute Gasteiger partial charge is 0.246 e. The fourth-order valence-electron chi connectivity index (χ4n) is 2.87. The molecular weight excluding hydrogens is 294 g/mol. The molecular formula is C16H21N5O2. The third-order valence-electron chi connectivity index (χ3n) is 4.18. The zero-order chi connectivity index (χ0) is 16.2. The summed E-state index contributed by atoms with van der Waals surface area (Å²) in [6.45, 7) is 3.03. The molecule has 0 bridgehead atoms. The van der Waals surface area contributed by atoms with Gasteiger partial charge in [-0.1, -0.05) is 12.1 Å². The number of carbonyl (C=O) groups excluding carboxylic acids is 1. The lowest BCUT2D eigenvalue weighted by Gasteiger charge is -2.33. The van der Waals surface area contributed by atoms with Crippen molar-refractivity contribution >= 4 is 5.91 Å². The Morgan fingerprint density at radius 3 is 3.04 bits per heavy atom. The summed E-state index contributed by atoms with van der Waals surface area (Å²) < 4.78 is 5.20. The zero-order valence-electron chi connectivity index (χ0n) is 13.5. The standard InChI is InChI=1S/C16H21N5O2/c1-12-6-3-4-9-20(12)15(22)11-21-18-16(17-19-21)13-7-5-8-14(10-13)23-2/h5,7-8,10,12H,3-4,6,9,11H2,1-2H3/t12-/m1/s1. The molecule has 1 fully saturated rings. The van der Waals surface area contributed by atoms with Gasteiger partial charge in [-0.15, -0.1) is 10.2 Å². The van der Waals surface area contributed by atoms with Gasteiger partial charge in [-0.3, -0.25) is 4.79 Å². The van der Waals surface area contributed by atoms with Crippen molar-refractivity contribution < 1.29 is 9.53 Å². The third kappa shape index (κ3) is 3.49. The van der Waals surface area contributed by atoms with Crippen LogP contribution in [0.25, 0.3) is 11.4 Å². The number of amides is 1. The highest BCUT2D eigenvalue weighted by Gasteiger charge is 2.23. The number of aromatic nitrogens is 4. The van der Waals surface area contributed by atoms with Crippen molar-refractivity contribution in [3.63, 3.8) is 0 Å². The largest absolute Gasteiger partial charge is 0.497 e. The Hall–Kier alpha value is -2.44. The van der Waals surface area contributed by atoms with Gasteiger partial charge in [0, 0.05) is 18.2 Å². The molecule has 122 valence electrons. The summed E-state index contributed by atoms with van der Waals surface area (Å²) in [6, 6.07) is 7.75. The maximum atomic E-state index is 12.4. The first kappa shape index (κ1) is 15.5. The van der Waals surface area contributed by atoms with Gasteiger partial charge >= 0.3 is 0 Å². The Kier molecular flexibility index (Phi) is 4.55. The number of carbonyl (C=O) groups is 1. The summed E-state index contributed by atoms with van der Waals surface area (Å²) >= 11 is 0. The van der Waals surface area contributed by atoms with E-state index in [1.807, 2.05) is 29.2 Å². The number of rotatable bonds is 4. The topological polar surface area (TPSA) is 73.1 Å². The quantitative estimate of drug-likeness (QED) is 0.859. The van der Waals surface area contributed by atoms with Crippen molar-refractivity contribution in [1.82, 2.24) is 25.1 Å². The molecule has 23 heavy (non-hydrogen) atoms. The van der Waals surface area contributed by atoms with E-state index in [0.29, 0.717) is 5.82 Å². The van der Waals surface area contributed by atoms with Crippen LogP contribution in [0.15, 0.2) is 24.3 Å². The highest BCUT2D eigenvalue weighted by atomic mass is 16.5. The molecule has 1 atom stereocenters. The molecule has 0 unspecified atom stereocenters. The second kappa shape index (κ2) is 6.76. The highest BCUT2D eigenvalue weighted by molar-refractivity contribution is 5.76. The molecule has 3 rings (SSSR count). The lowest BCUT2D eigenvalue weighted by Crippen LogP contribution is -2.43. The Labute approximate surface area is 135 Å². The number of nitrogens with zero attached hydrogens (tertiary/aromatic N) is 5. The summed E-state index contributed by atoms with van der Waals surface area (Å²) in [6.07, 6.45) is 3.31. The van der Waals surface area contributed by atoms with Crippen LogP contribution in [0.2, 0.25) is 0 Å². The van der Waals surface area contributed by atoms with E-state index in [0.717, 1.165) is 30.7 Å². The number of piperidine rings is 1. The first-order chi connectivity index (χ1) is 11.2. The second-order valence-corrected chi connectivity index (χ2v) is 5.81. The molecule has 2 heterocycles. The minimum absolute atomic E-state index is 0.0480. The van der Waals surface area contributed by atoms with Crippen LogP contribution in [0.3, 0.4) is 0 Å². The predicted octanol–water partition coefficient (Wildman–Crippen LogP) is 1.75. The molecule has 2 aromatic rings. The van der Waals surface area contributed by atoms with Crippen molar-refractivity contribution in [2.24, 2.45) is 0 Å². The lowest BCUT2D eigenvalue weighted by molar-refractivity contribution is -0.135. The molecule has 7 nitrogen and oxygen atoms in total. The van der Waals surface area contributed by atoms with Gasteiger partial charge in [0.25, 0.3) is 0 Å². The van der Waals surface area contributed by atoms with E-state index in [1.165, 1.54) is 11.2 Å². The number of likely N-dealkylation sites (tertiary alicyclic amines) is 1. The summed E-state index contributed by atoms with van der Waals surface area (Å²) in [5.74, 6) is 1.27. The van der Waals surface area contributed by atoms with Gasteiger partial charge in [-0.2, -0.15) is 4.80 Å². The van der Waals surface area contributed by atoms with Crippen molar-refractivity contribution in [3.8, 4) is 17.1 Å². The van der Waals surface area contributed by atoms with E-state index >= 15 is 0 Å². The highest BCUT2D eigenvalue weighted by Crippen LogP contribution is 2.20. The summed E-state index contributed by atoms with van der Waals surface area (Å²) in [7, 11) is 1.61. The van der Waals surface area contributed by atoms with Crippen molar-refractivity contribution in [3.05, 3.63) is 24.3 Å². The molecule has 0 aliphatic carbocycles. The first-order valence-corrected chi connectivity index (χ1v) is 7.89. The van der Waals surface area contributed by atoms with E-state index in [-0.39, 0.29) is 18.5 Å². The normalized spacial score (nSPS) is 18.0. The Balaban J connectivity index is 1.70. The van der Waals surface area contributed by atoms with Crippen LogP contribution in [-0.4, -0.2) is 50.7 Å². The molecule has 7 heteroatoms. The maximum Gasteiger partial charge on any atom is 0.246 e. The number of ether oxygens (including phenoxy) is 1. The number of tetrazole rings is 1. The SMILES string of the molecule is COc1cccc(-c2nnn(CC(=O)N3CCCC[C@H]3C)n2)c1. The average molecular weight is 315 g/mol. The van der Waals surface area contributed by atoms with Crippen LogP contribution < -0.4 is 4.74 Å². The van der Waals surface area contributed by atoms with Crippen molar-refractivity contribution in [2.75, 3.05) is 13.7 Å². The zero-order valence-corrected chi connectivity index (χ0v) is 13.5. The molecule has 1 saturated heterocycles. The van der Waals surface area contributed by atoms with E-state index in [4.69, 9.17) is 4.74 Å². The van der Waals surface area contributed by atoms with E-state index in [1.54, 1.807) is 7.11 Å². The lowest BCUT2D eigenvalue weighted by atomic mass is 10.0. The van der Waals surface area contributed by atoms with Crippen LogP contribution in [-0.2, 0) is 11.3 Å². The second-order valence-electron chi connectivity index (χ2n) is 5.81. The molecule has 1 aliphatic rings. The number of methoxy groups -OCH3 is 1. The predicted molar refractivity (Wildman–Crippen MR) is 84.8 cm³/mol. The summed E-state index contributed by atoms with van der Waals surface area (Å²) in [4.78, 5) is 15.7. The number of hydrogen-bond donors (Lipinski definition) is 0. The van der Waals surface area contributed by atoms with Gasteiger partial charge in [0.05, 0.1) is 7.11 Å². The Bertz CT molecular complexity index is 685. The van der Waals surface area contributed by atoms with Crippen LogP contribution in [0.5, 0.6) is 5.75 Å². The summed E-state index contributed by atoms with van der Waals surface area (Å²) in [5.41, 5.74) is 0.814. The molecule has 0 spiro atoms. The molecule has 1 aromatic carbocycles. The third-order valence-corrected chi connectivity index (χ3v) is 4.18. The maximum absolute atomic E-state index is 12.4. The van der Waals surface area contributed by atoms with E-state index < -0.39 is 0 Å². The molecule has 0 radical (unpaired) electrons. The number of benzene rings is 1. The van der Waals surface area contributed by atoms with Crippen LogP contribution >= 0.6 is 0 Å². The molecule has 1 aliphatic heterocycles. The summed E-state index contributed by atoms with van der Waals surface area (Å²) in [5, 5.41) is 12.3. The van der Waals surface area contributed by atoms with Crippen LogP contribution in [0.4, 0.5) is 0 Å². The fraction of sp³-hybridized carbons (Fsp3) is 0.500. The van der Waals surface area contributed by atoms with Gasteiger partial charge in [0.1, 0.15) is 12.3 Å². The van der Waals surface area contributed by atoms with E-state index in [9.17, 15) is 4.79 Å². The Morgan fingerprint density at radius 2 is 2.26 bits per heavy atom. The molecule has 0 saturated carbocycles.